The Labute approximate surface area is 185 Å². The van der Waals surface area contributed by atoms with Crippen molar-refractivity contribution in [2.45, 2.75) is 50.7 Å². The average molecular weight is 420 g/mol. The number of anilines is 1. The Balaban J connectivity index is 1.15. The van der Waals surface area contributed by atoms with Crippen LogP contribution in [0.3, 0.4) is 0 Å². The van der Waals surface area contributed by atoms with Crippen molar-refractivity contribution in [3.05, 3.63) is 65.2 Å². The largest absolute Gasteiger partial charge is 0.381 e. The number of nitrogens with zero attached hydrogens (tertiary/aromatic N) is 2. The van der Waals surface area contributed by atoms with Crippen molar-refractivity contribution < 1.29 is 9.53 Å². The van der Waals surface area contributed by atoms with Crippen molar-refractivity contribution >= 4 is 11.6 Å². The van der Waals surface area contributed by atoms with Gasteiger partial charge in [0.25, 0.3) is 5.91 Å². The van der Waals surface area contributed by atoms with Crippen molar-refractivity contribution in [2.75, 3.05) is 37.7 Å². The molecule has 0 aromatic heterocycles. The van der Waals surface area contributed by atoms with Crippen LogP contribution in [-0.4, -0.2) is 55.7 Å². The predicted octanol–water partition coefficient (Wildman–Crippen LogP) is 3.62. The van der Waals surface area contributed by atoms with Crippen LogP contribution in [0.15, 0.2) is 48.5 Å². The molecule has 5 nitrogen and oxygen atoms in total. The predicted molar refractivity (Wildman–Crippen MR) is 124 cm³/mol. The standard InChI is InChI=1S/C26H33N3O2/c30-26(29-14-9-20-3-1-2-4-22(20)19-29)21-5-7-25(8-6-21)28-15-10-23(11-16-28)27-24-12-17-31-18-13-24/h1-8,23-24,27H,9-19H2. The first-order valence-corrected chi connectivity index (χ1v) is 11.8. The van der Waals surface area contributed by atoms with Gasteiger partial charge in [0.05, 0.1) is 0 Å². The van der Waals surface area contributed by atoms with Crippen LogP contribution >= 0.6 is 0 Å². The summed E-state index contributed by atoms with van der Waals surface area (Å²) < 4.78 is 5.47. The number of hydrogen-bond donors (Lipinski definition) is 1. The second kappa shape index (κ2) is 9.41. The molecule has 0 spiro atoms. The smallest absolute Gasteiger partial charge is 0.254 e. The third-order valence-corrected chi connectivity index (χ3v) is 7.08. The molecule has 2 saturated heterocycles. The second-order valence-electron chi connectivity index (χ2n) is 9.11. The van der Waals surface area contributed by atoms with E-state index < -0.39 is 0 Å². The lowest BCUT2D eigenvalue weighted by molar-refractivity contribution is 0.0733. The van der Waals surface area contributed by atoms with E-state index in [4.69, 9.17) is 4.74 Å². The molecule has 2 aromatic rings. The van der Waals surface area contributed by atoms with E-state index in [9.17, 15) is 4.79 Å². The van der Waals surface area contributed by atoms with Crippen molar-refractivity contribution in [3.8, 4) is 0 Å². The molecule has 1 amide bonds. The molecule has 2 aromatic carbocycles. The lowest BCUT2D eigenvalue weighted by atomic mass is 9.99. The third kappa shape index (κ3) is 4.78. The van der Waals surface area contributed by atoms with Crippen LogP contribution in [0.25, 0.3) is 0 Å². The van der Waals surface area contributed by atoms with Gasteiger partial charge in [-0.15, -0.1) is 0 Å². The number of amides is 1. The molecule has 31 heavy (non-hydrogen) atoms. The fourth-order valence-corrected chi connectivity index (χ4v) is 5.17. The Morgan fingerprint density at radius 3 is 2.26 bits per heavy atom. The second-order valence-corrected chi connectivity index (χ2v) is 9.11. The zero-order valence-corrected chi connectivity index (χ0v) is 18.3. The molecular formula is C26H33N3O2. The maximum atomic E-state index is 13.0. The summed E-state index contributed by atoms with van der Waals surface area (Å²) in [6, 6.07) is 17.9. The molecule has 164 valence electrons. The molecule has 0 atom stereocenters. The van der Waals surface area contributed by atoms with Crippen LogP contribution in [0.5, 0.6) is 0 Å². The van der Waals surface area contributed by atoms with Gasteiger partial charge < -0.3 is 19.9 Å². The molecule has 3 aliphatic rings. The SMILES string of the molecule is O=C(c1ccc(N2CCC(NC3CCOCC3)CC2)cc1)N1CCc2ccccc2C1. The van der Waals surface area contributed by atoms with Gasteiger partial charge in [0.1, 0.15) is 0 Å². The van der Waals surface area contributed by atoms with Crippen LogP contribution in [0.1, 0.15) is 47.2 Å². The molecule has 3 heterocycles. The number of benzene rings is 2. The van der Waals surface area contributed by atoms with Crippen LogP contribution in [0.4, 0.5) is 5.69 Å². The summed E-state index contributed by atoms with van der Waals surface area (Å²) >= 11 is 0. The minimum Gasteiger partial charge on any atom is -0.381 e. The van der Waals surface area contributed by atoms with Crippen molar-refractivity contribution in [3.63, 3.8) is 0 Å². The normalized spacial score (nSPS) is 20.5. The van der Waals surface area contributed by atoms with E-state index >= 15 is 0 Å². The van der Waals surface area contributed by atoms with E-state index in [1.807, 2.05) is 17.0 Å². The molecule has 3 aliphatic heterocycles. The summed E-state index contributed by atoms with van der Waals surface area (Å²) in [7, 11) is 0. The number of nitrogens with one attached hydrogen (secondary N) is 1. The molecule has 5 rings (SSSR count). The number of ether oxygens (including phenoxy) is 1. The van der Waals surface area contributed by atoms with E-state index in [1.165, 1.54) is 29.7 Å². The van der Waals surface area contributed by atoms with E-state index in [1.54, 1.807) is 0 Å². The maximum absolute atomic E-state index is 13.0. The highest BCUT2D eigenvalue weighted by atomic mass is 16.5. The van der Waals surface area contributed by atoms with E-state index in [-0.39, 0.29) is 5.91 Å². The number of piperidine rings is 1. The van der Waals surface area contributed by atoms with E-state index in [0.717, 1.165) is 57.7 Å². The molecule has 2 fully saturated rings. The maximum Gasteiger partial charge on any atom is 0.254 e. The molecule has 0 unspecified atom stereocenters. The summed E-state index contributed by atoms with van der Waals surface area (Å²) in [5.74, 6) is 0.139. The quantitative estimate of drug-likeness (QED) is 0.822. The topological polar surface area (TPSA) is 44.8 Å². The van der Waals surface area contributed by atoms with Gasteiger partial charge >= 0.3 is 0 Å². The highest BCUT2D eigenvalue weighted by Gasteiger charge is 2.24. The van der Waals surface area contributed by atoms with Gasteiger partial charge in [0.2, 0.25) is 0 Å². The fraction of sp³-hybridized carbons (Fsp3) is 0.500. The van der Waals surface area contributed by atoms with Gasteiger partial charge in [-0.05, 0) is 67.5 Å². The number of rotatable bonds is 4. The molecule has 0 aliphatic carbocycles. The zero-order chi connectivity index (χ0) is 21.0. The summed E-state index contributed by atoms with van der Waals surface area (Å²) in [5, 5.41) is 3.84. The lowest BCUT2D eigenvalue weighted by Gasteiger charge is -2.36. The molecule has 1 N–H and O–H groups in total. The van der Waals surface area contributed by atoms with Gasteiger partial charge in [0, 0.05) is 62.7 Å². The molecular weight excluding hydrogens is 386 g/mol. The summed E-state index contributed by atoms with van der Waals surface area (Å²) in [4.78, 5) is 17.5. The Hall–Kier alpha value is -2.37. The monoisotopic (exact) mass is 419 g/mol. The molecule has 0 radical (unpaired) electrons. The van der Waals surface area contributed by atoms with E-state index in [2.05, 4.69) is 46.6 Å². The molecule has 0 bridgehead atoms. The van der Waals surface area contributed by atoms with Crippen LogP contribution in [-0.2, 0) is 17.7 Å². The van der Waals surface area contributed by atoms with Gasteiger partial charge in [-0.3, -0.25) is 4.79 Å². The minimum absolute atomic E-state index is 0.139. The first-order chi connectivity index (χ1) is 15.3. The Bertz CT molecular complexity index is 884. The van der Waals surface area contributed by atoms with Crippen molar-refractivity contribution in [2.24, 2.45) is 0 Å². The zero-order valence-electron chi connectivity index (χ0n) is 18.3. The van der Waals surface area contributed by atoms with Crippen LogP contribution in [0, 0.1) is 0 Å². The van der Waals surface area contributed by atoms with Crippen LogP contribution < -0.4 is 10.2 Å². The number of carbonyl (C=O) groups excluding carboxylic acids is 1. The minimum atomic E-state index is 0.139. The Kier molecular flexibility index (Phi) is 6.23. The summed E-state index contributed by atoms with van der Waals surface area (Å²) in [6.45, 7) is 5.43. The van der Waals surface area contributed by atoms with Crippen molar-refractivity contribution in [1.82, 2.24) is 10.2 Å². The number of fused-ring (bicyclic) bond motifs is 1. The van der Waals surface area contributed by atoms with Gasteiger partial charge in [-0.25, -0.2) is 0 Å². The van der Waals surface area contributed by atoms with Crippen molar-refractivity contribution in [1.29, 1.82) is 0 Å². The molecule has 0 saturated carbocycles. The first-order valence-electron chi connectivity index (χ1n) is 11.8. The Morgan fingerprint density at radius 1 is 0.839 bits per heavy atom. The first kappa shape index (κ1) is 20.5. The van der Waals surface area contributed by atoms with Gasteiger partial charge in [-0.1, -0.05) is 24.3 Å². The Morgan fingerprint density at radius 2 is 1.52 bits per heavy atom. The highest BCUT2D eigenvalue weighted by Crippen LogP contribution is 2.24. The lowest BCUT2D eigenvalue weighted by Crippen LogP contribution is -2.47. The van der Waals surface area contributed by atoms with E-state index in [0.29, 0.717) is 18.6 Å². The molecule has 5 heteroatoms. The highest BCUT2D eigenvalue weighted by molar-refractivity contribution is 5.94. The fourth-order valence-electron chi connectivity index (χ4n) is 5.17. The average Bonchev–Trinajstić information content (AvgIpc) is 2.84. The number of hydrogen-bond acceptors (Lipinski definition) is 4. The van der Waals surface area contributed by atoms with Crippen LogP contribution in [0.2, 0.25) is 0 Å². The summed E-state index contributed by atoms with van der Waals surface area (Å²) in [6.07, 6.45) is 5.56. The third-order valence-electron chi connectivity index (χ3n) is 7.08. The van der Waals surface area contributed by atoms with Gasteiger partial charge in [-0.2, -0.15) is 0 Å². The number of carbonyl (C=O) groups is 1. The summed E-state index contributed by atoms with van der Waals surface area (Å²) in [5.41, 5.74) is 4.66. The van der Waals surface area contributed by atoms with Gasteiger partial charge in [0.15, 0.2) is 0 Å².